The van der Waals surface area contributed by atoms with Crippen molar-refractivity contribution in [1.82, 2.24) is 9.97 Å². The Hall–Kier alpha value is -2.45. The van der Waals surface area contributed by atoms with Crippen LogP contribution in [-0.4, -0.2) is 24.1 Å². The van der Waals surface area contributed by atoms with Gasteiger partial charge in [-0.3, -0.25) is 4.98 Å². The molecule has 98 valence electrons. The zero-order valence-corrected chi connectivity index (χ0v) is 12.0. The predicted molar refractivity (Wildman–Crippen MR) is 81.9 cm³/mol. The van der Waals surface area contributed by atoms with Gasteiger partial charge in [-0.25, -0.2) is 4.98 Å². The lowest BCUT2D eigenvalue weighted by atomic mass is 10.2. The van der Waals surface area contributed by atoms with E-state index in [0.29, 0.717) is 5.56 Å². The standard InChI is InChI=1S/C15H12N4S/c1-19(2)11-3-4-13-14(7-11)20-15(18-13)12-5-6-17-9-10(12)8-16/h3-7,9H,1-2H3. The summed E-state index contributed by atoms with van der Waals surface area (Å²) in [4.78, 5) is 10.7. The van der Waals surface area contributed by atoms with Crippen LogP contribution >= 0.6 is 11.3 Å². The highest BCUT2D eigenvalue weighted by Gasteiger charge is 2.11. The third-order valence-electron chi connectivity index (χ3n) is 3.06. The Morgan fingerprint density at radius 1 is 1.25 bits per heavy atom. The van der Waals surface area contributed by atoms with Gasteiger partial charge in [0.05, 0.1) is 15.8 Å². The van der Waals surface area contributed by atoms with Crippen molar-refractivity contribution in [3.05, 3.63) is 42.2 Å². The predicted octanol–water partition coefficient (Wildman–Crippen LogP) is 3.30. The Labute approximate surface area is 120 Å². The largest absolute Gasteiger partial charge is 0.378 e. The first-order chi connectivity index (χ1) is 9.69. The normalized spacial score (nSPS) is 10.4. The number of fused-ring (bicyclic) bond motifs is 1. The second kappa shape index (κ2) is 4.91. The number of thiazole rings is 1. The minimum Gasteiger partial charge on any atom is -0.378 e. The first kappa shape index (κ1) is 12.6. The molecule has 4 nitrogen and oxygen atoms in total. The van der Waals surface area contributed by atoms with Crippen LogP contribution in [0.1, 0.15) is 5.56 Å². The van der Waals surface area contributed by atoms with Crippen LogP contribution in [0.25, 0.3) is 20.8 Å². The second-order valence-electron chi connectivity index (χ2n) is 4.60. The zero-order chi connectivity index (χ0) is 14.1. The van der Waals surface area contributed by atoms with Crippen LogP contribution in [0.3, 0.4) is 0 Å². The fraction of sp³-hybridized carbons (Fsp3) is 0.133. The summed E-state index contributed by atoms with van der Waals surface area (Å²) < 4.78 is 1.12. The van der Waals surface area contributed by atoms with E-state index in [2.05, 4.69) is 27.0 Å². The second-order valence-corrected chi connectivity index (χ2v) is 5.63. The molecular formula is C15H12N4S. The molecule has 0 radical (unpaired) electrons. The van der Waals surface area contributed by atoms with Crippen LogP contribution in [0.2, 0.25) is 0 Å². The van der Waals surface area contributed by atoms with Gasteiger partial charge in [-0.2, -0.15) is 5.26 Å². The fourth-order valence-corrected chi connectivity index (χ4v) is 3.01. The minimum atomic E-state index is 0.555. The highest BCUT2D eigenvalue weighted by atomic mass is 32.1. The van der Waals surface area contributed by atoms with E-state index < -0.39 is 0 Å². The summed E-state index contributed by atoms with van der Waals surface area (Å²) >= 11 is 1.59. The summed E-state index contributed by atoms with van der Waals surface area (Å²) in [5, 5.41) is 10.0. The highest BCUT2D eigenvalue weighted by Crippen LogP contribution is 2.33. The number of anilines is 1. The first-order valence-electron chi connectivity index (χ1n) is 6.11. The van der Waals surface area contributed by atoms with Crippen molar-refractivity contribution in [2.75, 3.05) is 19.0 Å². The molecule has 2 heterocycles. The molecule has 0 atom stereocenters. The number of rotatable bonds is 2. The molecule has 1 aromatic carbocycles. The molecule has 0 saturated carbocycles. The van der Waals surface area contributed by atoms with Gasteiger partial charge in [-0.05, 0) is 24.3 Å². The van der Waals surface area contributed by atoms with Crippen LogP contribution in [0.15, 0.2) is 36.7 Å². The van der Waals surface area contributed by atoms with Gasteiger partial charge in [-0.1, -0.05) is 0 Å². The number of hydrogen-bond donors (Lipinski definition) is 0. The lowest BCUT2D eigenvalue weighted by molar-refractivity contribution is 1.14. The van der Waals surface area contributed by atoms with Crippen molar-refractivity contribution >= 4 is 27.2 Å². The van der Waals surface area contributed by atoms with Crippen molar-refractivity contribution in [2.45, 2.75) is 0 Å². The number of pyridine rings is 1. The van der Waals surface area contributed by atoms with Crippen LogP contribution in [-0.2, 0) is 0 Å². The van der Waals surface area contributed by atoms with Crippen LogP contribution < -0.4 is 4.90 Å². The van der Waals surface area contributed by atoms with Gasteiger partial charge < -0.3 is 4.90 Å². The number of nitrogens with zero attached hydrogens (tertiary/aromatic N) is 4. The fourth-order valence-electron chi connectivity index (χ4n) is 1.98. The first-order valence-corrected chi connectivity index (χ1v) is 6.93. The molecule has 2 aromatic heterocycles. The van der Waals surface area contributed by atoms with Crippen molar-refractivity contribution in [3.63, 3.8) is 0 Å². The lowest BCUT2D eigenvalue weighted by Gasteiger charge is -2.11. The summed E-state index contributed by atoms with van der Waals surface area (Å²) in [6.07, 6.45) is 3.26. The van der Waals surface area contributed by atoms with E-state index in [4.69, 9.17) is 5.26 Å². The van der Waals surface area contributed by atoms with E-state index in [1.807, 2.05) is 32.3 Å². The topological polar surface area (TPSA) is 52.8 Å². The van der Waals surface area contributed by atoms with Gasteiger partial charge in [0.1, 0.15) is 11.1 Å². The van der Waals surface area contributed by atoms with E-state index >= 15 is 0 Å². The number of nitriles is 1. The maximum Gasteiger partial charge on any atom is 0.126 e. The average molecular weight is 280 g/mol. The maximum atomic E-state index is 9.15. The molecule has 0 amide bonds. The molecule has 3 aromatic rings. The molecule has 0 aliphatic rings. The van der Waals surface area contributed by atoms with Gasteiger partial charge in [0.2, 0.25) is 0 Å². The van der Waals surface area contributed by atoms with Crippen molar-refractivity contribution in [1.29, 1.82) is 5.26 Å². The van der Waals surface area contributed by atoms with Gasteiger partial charge in [0, 0.05) is 37.7 Å². The maximum absolute atomic E-state index is 9.15. The van der Waals surface area contributed by atoms with Crippen LogP contribution in [0.4, 0.5) is 5.69 Å². The molecule has 5 heteroatoms. The Balaban J connectivity index is 2.16. The molecule has 0 aliphatic heterocycles. The lowest BCUT2D eigenvalue weighted by Crippen LogP contribution is -2.07. The van der Waals surface area contributed by atoms with Crippen molar-refractivity contribution in [3.8, 4) is 16.6 Å². The van der Waals surface area contributed by atoms with E-state index in [9.17, 15) is 0 Å². The molecule has 0 saturated heterocycles. The number of benzene rings is 1. The monoisotopic (exact) mass is 280 g/mol. The van der Waals surface area contributed by atoms with Gasteiger partial charge in [-0.15, -0.1) is 11.3 Å². The van der Waals surface area contributed by atoms with Gasteiger partial charge in [0.25, 0.3) is 0 Å². The highest BCUT2D eigenvalue weighted by molar-refractivity contribution is 7.21. The minimum absolute atomic E-state index is 0.555. The summed E-state index contributed by atoms with van der Waals surface area (Å²) in [5.74, 6) is 0. The molecule has 0 bridgehead atoms. The Morgan fingerprint density at radius 2 is 2.10 bits per heavy atom. The summed E-state index contributed by atoms with van der Waals surface area (Å²) in [5.41, 5.74) is 3.49. The van der Waals surface area contributed by atoms with E-state index in [0.717, 1.165) is 26.5 Å². The number of aromatic nitrogens is 2. The summed E-state index contributed by atoms with van der Waals surface area (Å²) in [6.45, 7) is 0. The summed E-state index contributed by atoms with van der Waals surface area (Å²) in [7, 11) is 4.03. The van der Waals surface area contributed by atoms with E-state index in [1.54, 1.807) is 23.7 Å². The Bertz CT molecular complexity index is 814. The quantitative estimate of drug-likeness (QED) is 0.722. The van der Waals surface area contributed by atoms with E-state index in [-0.39, 0.29) is 0 Å². The average Bonchev–Trinajstić information content (AvgIpc) is 2.89. The van der Waals surface area contributed by atoms with E-state index in [1.165, 1.54) is 0 Å². The molecule has 20 heavy (non-hydrogen) atoms. The molecule has 0 aliphatic carbocycles. The van der Waals surface area contributed by atoms with Crippen molar-refractivity contribution < 1.29 is 0 Å². The van der Waals surface area contributed by atoms with Crippen LogP contribution in [0.5, 0.6) is 0 Å². The van der Waals surface area contributed by atoms with Gasteiger partial charge in [0.15, 0.2) is 0 Å². The molecule has 0 N–H and O–H groups in total. The molecule has 3 rings (SSSR count). The SMILES string of the molecule is CN(C)c1ccc2nc(-c3ccncc3C#N)sc2c1. The zero-order valence-electron chi connectivity index (χ0n) is 11.2. The third-order valence-corrected chi connectivity index (χ3v) is 4.11. The molecule has 0 unspecified atom stereocenters. The van der Waals surface area contributed by atoms with Crippen LogP contribution in [0, 0.1) is 11.3 Å². The molecule has 0 fully saturated rings. The third kappa shape index (κ3) is 2.10. The molecular weight excluding hydrogens is 268 g/mol. The van der Waals surface area contributed by atoms with Crippen molar-refractivity contribution in [2.24, 2.45) is 0 Å². The van der Waals surface area contributed by atoms with Gasteiger partial charge >= 0.3 is 0 Å². The molecule has 0 spiro atoms. The smallest absolute Gasteiger partial charge is 0.126 e. The summed E-state index contributed by atoms with van der Waals surface area (Å²) in [6, 6.07) is 10.2. The Kier molecular flexibility index (Phi) is 3.09. The number of hydrogen-bond acceptors (Lipinski definition) is 5. The Morgan fingerprint density at radius 3 is 2.85 bits per heavy atom.